The molecular weight excluding hydrogens is 334 g/mol. The molecule has 0 aliphatic heterocycles. The number of carbonyl (C=O) groups is 1. The number of amides is 1. The van der Waals surface area contributed by atoms with Crippen molar-refractivity contribution in [3.63, 3.8) is 0 Å². The molecule has 5 nitrogen and oxygen atoms in total. The number of hydrogen-bond donors (Lipinski definition) is 2. The van der Waals surface area contributed by atoms with Crippen molar-refractivity contribution >= 4 is 17.7 Å². The van der Waals surface area contributed by atoms with Crippen LogP contribution in [0.5, 0.6) is 0 Å². The van der Waals surface area contributed by atoms with Crippen LogP contribution in [0.15, 0.2) is 46.3 Å². The normalized spacial score (nSPS) is 15.0. The van der Waals surface area contributed by atoms with Gasteiger partial charge in [0, 0.05) is 17.9 Å². The van der Waals surface area contributed by atoms with E-state index in [9.17, 15) is 9.59 Å². The molecule has 0 radical (unpaired) electrons. The molecule has 1 aromatic carbocycles. The molecule has 1 fully saturated rings. The lowest BCUT2D eigenvalue weighted by atomic mass is 9.95. The molecule has 6 heteroatoms. The van der Waals surface area contributed by atoms with Crippen molar-refractivity contribution in [3.05, 3.63) is 58.0 Å². The third-order valence-electron chi connectivity index (χ3n) is 4.30. The Labute approximate surface area is 151 Å². The maximum Gasteiger partial charge on any atom is 0.251 e. The minimum Gasteiger partial charge on any atom is -0.353 e. The van der Waals surface area contributed by atoms with Crippen molar-refractivity contribution < 1.29 is 4.79 Å². The minimum absolute atomic E-state index is 0.0518. The van der Waals surface area contributed by atoms with Gasteiger partial charge in [-0.1, -0.05) is 61.4 Å². The first-order valence-corrected chi connectivity index (χ1v) is 9.74. The van der Waals surface area contributed by atoms with Crippen LogP contribution in [0.2, 0.25) is 0 Å². The number of hydrogen-bond acceptors (Lipinski definition) is 4. The lowest BCUT2D eigenvalue weighted by molar-refractivity contribution is -0.121. The van der Waals surface area contributed by atoms with E-state index in [0.29, 0.717) is 10.9 Å². The SMILES string of the molecule is O=C(Cc1cc(=O)[nH]c(SCc2ccccc2)n1)NC1CCCCC1. The van der Waals surface area contributed by atoms with Crippen molar-refractivity contribution in [1.82, 2.24) is 15.3 Å². The van der Waals surface area contributed by atoms with E-state index in [0.717, 1.165) is 24.2 Å². The van der Waals surface area contributed by atoms with Gasteiger partial charge in [0.15, 0.2) is 5.16 Å². The highest BCUT2D eigenvalue weighted by atomic mass is 32.2. The van der Waals surface area contributed by atoms with Crippen LogP contribution in [0.25, 0.3) is 0 Å². The lowest BCUT2D eigenvalue weighted by Crippen LogP contribution is -2.37. The summed E-state index contributed by atoms with van der Waals surface area (Å²) < 4.78 is 0. The van der Waals surface area contributed by atoms with Crippen LogP contribution < -0.4 is 10.9 Å². The minimum atomic E-state index is -0.217. The smallest absolute Gasteiger partial charge is 0.251 e. The Kier molecular flexibility index (Phi) is 6.28. The van der Waals surface area contributed by atoms with Crippen molar-refractivity contribution in [2.45, 2.75) is 55.5 Å². The van der Waals surface area contributed by atoms with E-state index in [1.54, 1.807) is 0 Å². The van der Waals surface area contributed by atoms with Gasteiger partial charge in [-0.15, -0.1) is 0 Å². The highest BCUT2D eigenvalue weighted by molar-refractivity contribution is 7.98. The number of H-pyrrole nitrogens is 1. The summed E-state index contributed by atoms with van der Waals surface area (Å²) in [4.78, 5) is 31.2. The lowest BCUT2D eigenvalue weighted by Gasteiger charge is -2.22. The number of aromatic amines is 1. The van der Waals surface area contributed by atoms with Gasteiger partial charge < -0.3 is 10.3 Å². The van der Waals surface area contributed by atoms with Crippen molar-refractivity contribution in [3.8, 4) is 0 Å². The molecule has 1 heterocycles. The first kappa shape index (κ1) is 17.7. The molecule has 1 aliphatic carbocycles. The van der Waals surface area contributed by atoms with Crippen LogP contribution in [0.3, 0.4) is 0 Å². The first-order chi connectivity index (χ1) is 12.2. The van der Waals surface area contributed by atoms with E-state index < -0.39 is 0 Å². The maximum absolute atomic E-state index is 12.2. The largest absolute Gasteiger partial charge is 0.353 e. The third kappa shape index (κ3) is 5.74. The second-order valence-corrected chi connectivity index (χ2v) is 7.36. The molecule has 1 saturated carbocycles. The van der Waals surface area contributed by atoms with E-state index in [-0.39, 0.29) is 23.9 Å². The summed E-state index contributed by atoms with van der Waals surface area (Å²) in [6, 6.07) is 11.7. The molecule has 25 heavy (non-hydrogen) atoms. The molecule has 0 spiro atoms. The van der Waals surface area contributed by atoms with Gasteiger partial charge in [0.05, 0.1) is 12.1 Å². The summed E-state index contributed by atoms with van der Waals surface area (Å²) in [6.45, 7) is 0. The molecule has 1 aromatic heterocycles. The molecule has 0 atom stereocenters. The molecular formula is C19H23N3O2S. The maximum atomic E-state index is 12.2. The zero-order valence-electron chi connectivity index (χ0n) is 14.2. The van der Waals surface area contributed by atoms with Gasteiger partial charge in [0.25, 0.3) is 5.56 Å². The second-order valence-electron chi connectivity index (χ2n) is 6.40. The highest BCUT2D eigenvalue weighted by Gasteiger charge is 2.16. The van der Waals surface area contributed by atoms with Crippen LogP contribution in [-0.4, -0.2) is 21.9 Å². The molecule has 3 rings (SSSR count). The highest BCUT2D eigenvalue weighted by Crippen LogP contribution is 2.19. The molecule has 132 valence electrons. The molecule has 2 N–H and O–H groups in total. The third-order valence-corrected chi connectivity index (χ3v) is 5.25. The van der Waals surface area contributed by atoms with Crippen LogP contribution >= 0.6 is 11.8 Å². The average molecular weight is 357 g/mol. The topological polar surface area (TPSA) is 74.8 Å². The van der Waals surface area contributed by atoms with E-state index in [4.69, 9.17) is 0 Å². The number of nitrogens with one attached hydrogen (secondary N) is 2. The monoisotopic (exact) mass is 357 g/mol. The summed E-state index contributed by atoms with van der Waals surface area (Å²) >= 11 is 1.47. The van der Waals surface area contributed by atoms with Crippen molar-refractivity contribution in [1.29, 1.82) is 0 Å². The van der Waals surface area contributed by atoms with E-state index in [1.165, 1.54) is 37.1 Å². The van der Waals surface area contributed by atoms with Gasteiger partial charge in [-0.2, -0.15) is 0 Å². The number of carbonyl (C=O) groups excluding carboxylic acids is 1. The standard InChI is InChI=1S/C19H23N3O2S/c23-17(20-15-9-5-2-6-10-15)11-16-12-18(24)22-19(21-16)25-13-14-7-3-1-4-8-14/h1,3-4,7-8,12,15H,2,5-6,9-11,13H2,(H,20,23)(H,21,22,24). The zero-order valence-corrected chi connectivity index (χ0v) is 15.0. The van der Waals surface area contributed by atoms with Gasteiger partial charge in [-0.05, 0) is 18.4 Å². The van der Waals surface area contributed by atoms with Crippen molar-refractivity contribution in [2.24, 2.45) is 0 Å². The molecule has 1 amide bonds. The summed E-state index contributed by atoms with van der Waals surface area (Å²) in [5, 5.41) is 3.62. The summed E-state index contributed by atoms with van der Waals surface area (Å²) in [6.07, 6.45) is 5.85. The van der Waals surface area contributed by atoms with Crippen LogP contribution in [-0.2, 0) is 17.0 Å². The molecule has 0 saturated heterocycles. The molecule has 0 unspecified atom stereocenters. The Balaban J connectivity index is 1.58. The Hall–Kier alpha value is -2.08. The zero-order chi connectivity index (χ0) is 17.5. The van der Waals surface area contributed by atoms with Crippen molar-refractivity contribution in [2.75, 3.05) is 0 Å². The number of benzene rings is 1. The number of rotatable bonds is 6. The summed E-state index contributed by atoms with van der Waals surface area (Å²) in [7, 11) is 0. The fourth-order valence-electron chi connectivity index (χ4n) is 3.06. The number of thioether (sulfide) groups is 1. The predicted octanol–water partition coefficient (Wildman–Crippen LogP) is 3.05. The predicted molar refractivity (Wildman–Crippen MR) is 99.6 cm³/mol. The van der Waals surface area contributed by atoms with Crippen LogP contribution in [0.4, 0.5) is 0 Å². The Morgan fingerprint density at radius 2 is 1.96 bits per heavy atom. The van der Waals surface area contributed by atoms with E-state index in [2.05, 4.69) is 15.3 Å². The average Bonchev–Trinajstić information content (AvgIpc) is 2.61. The fourth-order valence-corrected chi connectivity index (χ4v) is 3.91. The number of nitrogens with zero attached hydrogens (tertiary/aromatic N) is 1. The van der Waals surface area contributed by atoms with E-state index >= 15 is 0 Å². The van der Waals surface area contributed by atoms with Gasteiger partial charge in [0.1, 0.15) is 0 Å². The van der Waals surface area contributed by atoms with Crippen LogP contribution in [0.1, 0.15) is 43.4 Å². The molecule has 0 bridgehead atoms. The summed E-state index contributed by atoms with van der Waals surface area (Å²) in [5.74, 6) is 0.672. The van der Waals surface area contributed by atoms with Gasteiger partial charge in [0.2, 0.25) is 5.91 Å². The van der Waals surface area contributed by atoms with Gasteiger partial charge >= 0.3 is 0 Å². The molecule has 1 aliphatic rings. The Morgan fingerprint density at radius 1 is 1.20 bits per heavy atom. The Bertz CT molecular complexity index is 755. The quantitative estimate of drug-likeness (QED) is 0.615. The fraction of sp³-hybridized carbons (Fsp3) is 0.421. The first-order valence-electron chi connectivity index (χ1n) is 8.75. The van der Waals surface area contributed by atoms with Crippen LogP contribution in [0, 0.1) is 0 Å². The van der Waals surface area contributed by atoms with Gasteiger partial charge in [-0.3, -0.25) is 9.59 Å². The Morgan fingerprint density at radius 3 is 2.72 bits per heavy atom. The van der Waals surface area contributed by atoms with E-state index in [1.807, 2.05) is 30.3 Å². The second kappa shape index (κ2) is 8.85. The van der Waals surface area contributed by atoms with Gasteiger partial charge in [-0.25, -0.2) is 4.98 Å². The number of aromatic nitrogens is 2. The molecule has 2 aromatic rings. The summed E-state index contributed by atoms with van der Waals surface area (Å²) in [5.41, 5.74) is 1.47.